The van der Waals surface area contributed by atoms with Crippen LogP contribution in [0.4, 0.5) is 0 Å². The number of carboxylic acid groups (broad SMARTS) is 2. The molecule has 324 valence electrons. The molecular formula is C42H66O15. The molecule has 2 saturated heterocycles. The Bertz CT molecular complexity index is 1570. The van der Waals surface area contributed by atoms with Crippen LogP contribution in [0, 0.1) is 56.7 Å². The molecule has 7 rings (SSSR count). The summed E-state index contributed by atoms with van der Waals surface area (Å²) < 4.78 is 23.6. The van der Waals surface area contributed by atoms with Crippen molar-refractivity contribution >= 4 is 11.9 Å². The SMILES string of the molecule is CC1CCC2(C(=O)O)CC3=CCC4C5(C)CCC(OC6OC(COC7OC(CO)C(O)C(O)C7O)C(O)C(O)C6O)C(C)(C)C5CCC4(C)C3(C(=O)O)CC2C1C. The van der Waals surface area contributed by atoms with Gasteiger partial charge in [0.1, 0.15) is 48.8 Å². The number of aliphatic hydroxyl groups is 7. The molecule has 9 N–H and O–H groups in total. The normalized spacial score (nSPS) is 53.3. The summed E-state index contributed by atoms with van der Waals surface area (Å²) in [5.74, 6) is -1.47. The molecule has 57 heavy (non-hydrogen) atoms. The minimum absolute atomic E-state index is 0.00471. The Morgan fingerprint density at radius 1 is 0.772 bits per heavy atom. The van der Waals surface area contributed by atoms with Gasteiger partial charge in [0.25, 0.3) is 0 Å². The third kappa shape index (κ3) is 6.30. The lowest BCUT2D eigenvalue weighted by Gasteiger charge is -2.70. The average Bonchev–Trinajstić information content (AvgIpc) is 3.15. The van der Waals surface area contributed by atoms with E-state index in [0.29, 0.717) is 50.9 Å². The third-order valence-corrected chi connectivity index (χ3v) is 17.5. The van der Waals surface area contributed by atoms with E-state index in [9.17, 15) is 55.5 Å². The van der Waals surface area contributed by atoms with Crippen LogP contribution in [-0.4, -0.2) is 139 Å². The maximum atomic E-state index is 13.9. The summed E-state index contributed by atoms with van der Waals surface area (Å²) in [7, 11) is 0. The Kier molecular flexibility index (Phi) is 11.4. The van der Waals surface area contributed by atoms with E-state index in [2.05, 4.69) is 47.6 Å². The van der Waals surface area contributed by atoms with Gasteiger partial charge in [-0.05, 0) is 104 Å². The molecule has 6 fully saturated rings. The zero-order chi connectivity index (χ0) is 41.8. The Balaban J connectivity index is 1.11. The molecule has 0 spiro atoms. The van der Waals surface area contributed by atoms with E-state index in [0.717, 1.165) is 12.0 Å². The number of carboxylic acids is 2. The second-order valence-electron chi connectivity index (χ2n) is 20.1. The van der Waals surface area contributed by atoms with E-state index in [1.165, 1.54) is 0 Å². The van der Waals surface area contributed by atoms with Gasteiger partial charge in [0.15, 0.2) is 12.6 Å². The summed E-state index contributed by atoms with van der Waals surface area (Å²) in [4.78, 5) is 27.0. The predicted molar refractivity (Wildman–Crippen MR) is 200 cm³/mol. The smallest absolute Gasteiger partial charge is 0.314 e. The molecule has 0 bridgehead atoms. The van der Waals surface area contributed by atoms with Gasteiger partial charge in [-0.15, -0.1) is 0 Å². The summed E-state index contributed by atoms with van der Waals surface area (Å²) in [6.45, 7) is 11.8. The number of hydrogen-bond acceptors (Lipinski definition) is 13. The van der Waals surface area contributed by atoms with Crippen LogP contribution in [0.5, 0.6) is 0 Å². The van der Waals surface area contributed by atoms with Crippen molar-refractivity contribution in [2.75, 3.05) is 13.2 Å². The summed E-state index contributed by atoms with van der Waals surface area (Å²) in [5, 5.41) is 95.2. The van der Waals surface area contributed by atoms with E-state index in [-0.39, 0.29) is 35.5 Å². The van der Waals surface area contributed by atoms with E-state index in [4.69, 9.17) is 18.9 Å². The quantitative estimate of drug-likeness (QED) is 0.125. The molecule has 2 heterocycles. The molecule has 20 atom stereocenters. The Labute approximate surface area is 334 Å². The zero-order valence-electron chi connectivity index (χ0n) is 34.1. The van der Waals surface area contributed by atoms with Crippen molar-refractivity contribution < 1.29 is 74.5 Å². The molecule has 0 amide bonds. The van der Waals surface area contributed by atoms with Crippen molar-refractivity contribution in [1.82, 2.24) is 0 Å². The zero-order valence-corrected chi connectivity index (χ0v) is 34.1. The minimum Gasteiger partial charge on any atom is -0.481 e. The van der Waals surface area contributed by atoms with Gasteiger partial charge in [0, 0.05) is 0 Å². The molecule has 0 radical (unpaired) electrons. The van der Waals surface area contributed by atoms with E-state index in [1.54, 1.807) is 0 Å². The van der Waals surface area contributed by atoms with E-state index >= 15 is 0 Å². The van der Waals surface area contributed by atoms with Crippen LogP contribution in [0.2, 0.25) is 0 Å². The number of rotatable bonds is 8. The molecule has 0 aromatic heterocycles. The molecule has 0 aromatic rings. The summed E-state index contributed by atoms with van der Waals surface area (Å²) in [6.07, 6.45) is -8.36. The number of fused-ring (bicyclic) bond motifs is 6. The van der Waals surface area contributed by atoms with Crippen molar-refractivity contribution in [2.45, 2.75) is 167 Å². The monoisotopic (exact) mass is 810 g/mol. The summed E-state index contributed by atoms with van der Waals surface area (Å²) in [6, 6.07) is 0. The second kappa shape index (κ2) is 15.0. The fraction of sp³-hybridized carbons (Fsp3) is 0.905. The van der Waals surface area contributed by atoms with Gasteiger partial charge >= 0.3 is 11.9 Å². The standard InChI is InChI=1S/C42H66O15/c1-19-9-14-41(36(50)51)15-21-7-8-26-39(5)12-11-27(38(3,4)25(39)10-13-40(26,6)42(21,37(52)53)16-22(41)20(19)2)57-35-33(49)31(47)29(45)24(56-35)18-54-34-32(48)30(46)28(44)23(17-43)55-34/h7,19-20,22-35,43-49H,8-18H2,1-6H3,(H,50,51)(H,52,53). The molecular weight excluding hydrogens is 744 g/mol. The lowest BCUT2D eigenvalue weighted by Crippen LogP contribution is -2.68. The molecule has 0 aromatic carbocycles. The maximum absolute atomic E-state index is 13.9. The number of aliphatic carboxylic acids is 2. The van der Waals surface area contributed by atoms with Crippen LogP contribution in [0.3, 0.4) is 0 Å². The lowest BCUT2D eigenvalue weighted by atomic mass is 9.33. The molecule has 4 saturated carbocycles. The first-order valence-electron chi connectivity index (χ1n) is 21.1. The Hall–Kier alpha value is -1.76. The number of aliphatic hydroxyl groups excluding tert-OH is 7. The van der Waals surface area contributed by atoms with Crippen LogP contribution in [-0.2, 0) is 28.5 Å². The molecule has 7 aliphatic rings. The minimum atomic E-state index is -1.69. The number of allylic oxidation sites excluding steroid dienone is 1. The molecule has 20 unspecified atom stereocenters. The van der Waals surface area contributed by atoms with Crippen molar-refractivity contribution in [3.8, 4) is 0 Å². The van der Waals surface area contributed by atoms with Gasteiger partial charge in [-0.25, -0.2) is 0 Å². The van der Waals surface area contributed by atoms with Crippen molar-refractivity contribution in [1.29, 1.82) is 0 Å². The first kappa shape index (κ1) is 43.3. The molecule has 15 heteroatoms. The van der Waals surface area contributed by atoms with Crippen molar-refractivity contribution in [3.63, 3.8) is 0 Å². The Morgan fingerprint density at radius 3 is 2.04 bits per heavy atom. The van der Waals surface area contributed by atoms with Gasteiger partial charge in [0.2, 0.25) is 0 Å². The van der Waals surface area contributed by atoms with E-state index < -0.39 is 114 Å². The second-order valence-corrected chi connectivity index (χ2v) is 20.1. The molecule has 15 nitrogen and oxygen atoms in total. The lowest BCUT2D eigenvalue weighted by molar-refractivity contribution is -0.345. The topological polar surface area (TPSA) is 253 Å². The summed E-state index contributed by atoms with van der Waals surface area (Å²) in [5.41, 5.74) is -2.79. The fourth-order valence-corrected chi connectivity index (χ4v) is 13.8. The largest absolute Gasteiger partial charge is 0.481 e. The van der Waals surface area contributed by atoms with Crippen LogP contribution < -0.4 is 0 Å². The van der Waals surface area contributed by atoms with Crippen LogP contribution >= 0.6 is 0 Å². The van der Waals surface area contributed by atoms with Gasteiger partial charge < -0.3 is 64.9 Å². The molecule has 5 aliphatic carbocycles. The first-order valence-corrected chi connectivity index (χ1v) is 21.1. The molecule has 2 aliphatic heterocycles. The number of hydrogen-bond donors (Lipinski definition) is 9. The maximum Gasteiger partial charge on any atom is 0.314 e. The highest BCUT2D eigenvalue weighted by Gasteiger charge is 2.73. The van der Waals surface area contributed by atoms with Crippen molar-refractivity contribution in [2.24, 2.45) is 56.7 Å². The highest BCUT2D eigenvalue weighted by molar-refractivity contribution is 5.84. The fourth-order valence-electron chi connectivity index (χ4n) is 13.8. The third-order valence-electron chi connectivity index (χ3n) is 17.5. The number of ether oxygens (including phenoxy) is 4. The highest BCUT2D eigenvalue weighted by Crippen LogP contribution is 2.75. The van der Waals surface area contributed by atoms with Gasteiger partial charge in [-0.3, -0.25) is 9.59 Å². The van der Waals surface area contributed by atoms with Gasteiger partial charge in [-0.2, -0.15) is 0 Å². The van der Waals surface area contributed by atoms with Gasteiger partial charge in [0.05, 0.1) is 30.1 Å². The van der Waals surface area contributed by atoms with Crippen LogP contribution in [0.25, 0.3) is 0 Å². The van der Waals surface area contributed by atoms with Crippen LogP contribution in [0.15, 0.2) is 11.6 Å². The van der Waals surface area contributed by atoms with Crippen molar-refractivity contribution in [3.05, 3.63) is 11.6 Å². The number of carbonyl (C=O) groups is 2. The Morgan fingerprint density at radius 2 is 1.40 bits per heavy atom. The highest BCUT2D eigenvalue weighted by atomic mass is 16.7. The summed E-state index contributed by atoms with van der Waals surface area (Å²) >= 11 is 0. The van der Waals surface area contributed by atoms with Crippen LogP contribution in [0.1, 0.15) is 99.3 Å². The predicted octanol–water partition coefficient (Wildman–Crippen LogP) is 1.80. The first-order chi connectivity index (χ1) is 26.6. The van der Waals surface area contributed by atoms with Gasteiger partial charge in [-0.1, -0.05) is 53.2 Å². The van der Waals surface area contributed by atoms with E-state index in [1.807, 2.05) is 0 Å². The average molecular weight is 811 g/mol.